The maximum atomic E-state index is 13.1. The molecule has 0 aromatic heterocycles. The standard InChI is InChI=1S/C15H19FO3/c1-14(2)10-15(7-8-19-14,9-13(17)18)11-3-5-12(16)6-4-11/h3-6H,7-10H2,1-2H3,(H,17,18)/t15-/m0/s1. The molecule has 0 amide bonds. The van der Waals surface area contributed by atoms with Crippen LogP contribution in [0.1, 0.15) is 38.7 Å². The SMILES string of the molecule is CC1(C)C[C@](CC(=O)O)(c2ccc(F)cc2)CCO1. The first kappa shape index (κ1) is 14.0. The van der Waals surface area contributed by atoms with Gasteiger partial charge in [-0.25, -0.2) is 4.39 Å². The molecule has 0 saturated carbocycles. The summed E-state index contributed by atoms with van der Waals surface area (Å²) in [5, 5.41) is 9.20. The number of ether oxygens (including phenoxy) is 1. The summed E-state index contributed by atoms with van der Waals surface area (Å²) in [4.78, 5) is 11.2. The van der Waals surface area contributed by atoms with Crippen molar-refractivity contribution in [1.82, 2.24) is 0 Å². The first-order chi connectivity index (χ1) is 8.83. The Labute approximate surface area is 112 Å². The van der Waals surface area contributed by atoms with Crippen molar-refractivity contribution in [2.24, 2.45) is 0 Å². The average molecular weight is 266 g/mol. The highest BCUT2D eigenvalue weighted by molar-refractivity contribution is 5.69. The zero-order valence-corrected chi connectivity index (χ0v) is 11.3. The van der Waals surface area contributed by atoms with Crippen LogP contribution in [-0.4, -0.2) is 23.3 Å². The highest BCUT2D eigenvalue weighted by atomic mass is 19.1. The van der Waals surface area contributed by atoms with Crippen LogP contribution in [0.4, 0.5) is 4.39 Å². The van der Waals surface area contributed by atoms with Gasteiger partial charge in [-0.2, -0.15) is 0 Å². The van der Waals surface area contributed by atoms with Crippen LogP contribution in [-0.2, 0) is 14.9 Å². The number of benzene rings is 1. The lowest BCUT2D eigenvalue weighted by Gasteiger charge is -2.44. The van der Waals surface area contributed by atoms with Gasteiger partial charge in [0.15, 0.2) is 0 Å². The summed E-state index contributed by atoms with van der Waals surface area (Å²) in [6.45, 7) is 4.45. The fraction of sp³-hybridized carbons (Fsp3) is 0.533. The van der Waals surface area contributed by atoms with Gasteiger partial charge in [-0.3, -0.25) is 4.79 Å². The summed E-state index contributed by atoms with van der Waals surface area (Å²) in [6.07, 6.45) is 1.32. The van der Waals surface area contributed by atoms with Crippen molar-refractivity contribution in [3.05, 3.63) is 35.6 Å². The lowest BCUT2D eigenvalue weighted by Crippen LogP contribution is -2.45. The second-order valence-electron chi connectivity index (χ2n) is 5.89. The number of hydrogen-bond acceptors (Lipinski definition) is 2. The van der Waals surface area contributed by atoms with E-state index in [9.17, 15) is 14.3 Å². The van der Waals surface area contributed by atoms with Crippen molar-refractivity contribution in [3.63, 3.8) is 0 Å². The fourth-order valence-corrected chi connectivity index (χ4v) is 3.07. The maximum Gasteiger partial charge on any atom is 0.304 e. The number of carboxylic acids is 1. The van der Waals surface area contributed by atoms with Crippen LogP contribution in [0.15, 0.2) is 24.3 Å². The number of hydrogen-bond donors (Lipinski definition) is 1. The Bertz CT molecular complexity index is 467. The van der Waals surface area contributed by atoms with Gasteiger partial charge < -0.3 is 9.84 Å². The van der Waals surface area contributed by atoms with E-state index in [0.29, 0.717) is 19.4 Å². The van der Waals surface area contributed by atoms with Crippen LogP contribution in [0.25, 0.3) is 0 Å². The summed E-state index contributed by atoms with van der Waals surface area (Å²) in [5.74, 6) is -1.14. The monoisotopic (exact) mass is 266 g/mol. The molecule has 1 aliphatic rings. The lowest BCUT2D eigenvalue weighted by molar-refractivity contribution is -0.142. The molecule has 104 valence electrons. The summed E-state index contributed by atoms with van der Waals surface area (Å²) in [7, 11) is 0. The molecular weight excluding hydrogens is 247 g/mol. The predicted molar refractivity (Wildman–Crippen MR) is 69.6 cm³/mol. The molecule has 19 heavy (non-hydrogen) atoms. The van der Waals surface area contributed by atoms with Gasteiger partial charge in [0.05, 0.1) is 12.0 Å². The quantitative estimate of drug-likeness (QED) is 0.914. The van der Waals surface area contributed by atoms with E-state index in [1.165, 1.54) is 12.1 Å². The molecule has 1 fully saturated rings. The molecule has 1 N–H and O–H groups in total. The first-order valence-electron chi connectivity index (χ1n) is 6.45. The third kappa shape index (κ3) is 3.13. The topological polar surface area (TPSA) is 46.5 Å². The van der Waals surface area contributed by atoms with Crippen LogP contribution in [0.2, 0.25) is 0 Å². The molecule has 0 bridgehead atoms. The van der Waals surface area contributed by atoms with E-state index >= 15 is 0 Å². The van der Waals surface area contributed by atoms with Crippen LogP contribution in [0, 0.1) is 5.82 Å². The number of carbonyl (C=O) groups is 1. The van der Waals surface area contributed by atoms with Crippen molar-refractivity contribution in [2.75, 3.05) is 6.61 Å². The summed E-state index contributed by atoms with van der Waals surface area (Å²) in [6, 6.07) is 6.17. The largest absolute Gasteiger partial charge is 0.481 e. The van der Waals surface area contributed by atoms with Gasteiger partial charge in [0.25, 0.3) is 0 Å². The Morgan fingerprint density at radius 1 is 1.37 bits per heavy atom. The molecule has 1 heterocycles. The Hall–Kier alpha value is -1.42. The molecule has 0 aliphatic carbocycles. The van der Waals surface area contributed by atoms with E-state index in [1.807, 2.05) is 13.8 Å². The van der Waals surface area contributed by atoms with Gasteiger partial charge in [-0.15, -0.1) is 0 Å². The molecule has 4 heteroatoms. The smallest absolute Gasteiger partial charge is 0.304 e. The van der Waals surface area contributed by atoms with Crippen LogP contribution in [0.5, 0.6) is 0 Å². The van der Waals surface area contributed by atoms with Crippen molar-refractivity contribution in [3.8, 4) is 0 Å². The van der Waals surface area contributed by atoms with Gasteiger partial charge in [-0.1, -0.05) is 12.1 Å². The van der Waals surface area contributed by atoms with Crippen molar-refractivity contribution >= 4 is 5.97 Å². The molecule has 0 spiro atoms. The summed E-state index contributed by atoms with van der Waals surface area (Å²) >= 11 is 0. The third-order valence-corrected chi connectivity index (χ3v) is 3.78. The minimum absolute atomic E-state index is 0.0470. The Balaban J connectivity index is 2.39. The van der Waals surface area contributed by atoms with E-state index in [0.717, 1.165) is 5.56 Å². The second-order valence-corrected chi connectivity index (χ2v) is 5.89. The van der Waals surface area contributed by atoms with Gasteiger partial charge in [0.1, 0.15) is 5.82 Å². The molecule has 0 radical (unpaired) electrons. The third-order valence-electron chi connectivity index (χ3n) is 3.78. The average Bonchev–Trinajstić information content (AvgIpc) is 2.27. The number of aliphatic carboxylic acids is 1. The van der Waals surface area contributed by atoms with Gasteiger partial charge in [0, 0.05) is 12.0 Å². The zero-order chi connectivity index (χ0) is 14.1. The van der Waals surface area contributed by atoms with E-state index in [4.69, 9.17) is 4.74 Å². The molecule has 1 aliphatic heterocycles. The molecule has 1 saturated heterocycles. The second kappa shape index (κ2) is 4.93. The predicted octanol–water partition coefficient (Wildman–Crippen LogP) is 3.13. The molecular formula is C15H19FO3. The van der Waals surface area contributed by atoms with E-state index < -0.39 is 11.4 Å². The van der Waals surface area contributed by atoms with Crippen LogP contribution < -0.4 is 0 Å². The molecule has 0 unspecified atom stereocenters. The minimum atomic E-state index is -0.831. The molecule has 2 rings (SSSR count). The minimum Gasteiger partial charge on any atom is -0.481 e. The van der Waals surface area contributed by atoms with E-state index in [-0.39, 0.29) is 17.8 Å². The fourth-order valence-electron chi connectivity index (χ4n) is 3.07. The zero-order valence-electron chi connectivity index (χ0n) is 11.3. The number of carboxylic acid groups (broad SMARTS) is 1. The van der Waals surface area contributed by atoms with Gasteiger partial charge in [0.2, 0.25) is 0 Å². The summed E-state index contributed by atoms with van der Waals surface area (Å²) < 4.78 is 18.7. The first-order valence-corrected chi connectivity index (χ1v) is 6.45. The summed E-state index contributed by atoms with van der Waals surface area (Å²) in [5.41, 5.74) is 0.0521. The highest BCUT2D eigenvalue weighted by Crippen LogP contribution is 2.44. The number of rotatable bonds is 3. The lowest BCUT2D eigenvalue weighted by atomic mass is 9.67. The van der Waals surface area contributed by atoms with E-state index in [1.54, 1.807) is 12.1 Å². The highest BCUT2D eigenvalue weighted by Gasteiger charge is 2.43. The Kier molecular flexibility index (Phi) is 3.63. The van der Waals surface area contributed by atoms with Crippen molar-refractivity contribution in [2.45, 2.75) is 44.1 Å². The maximum absolute atomic E-state index is 13.1. The van der Waals surface area contributed by atoms with Crippen molar-refractivity contribution in [1.29, 1.82) is 0 Å². The molecule has 1 aromatic rings. The molecule has 1 atom stereocenters. The van der Waals surface area contributed by atoms with Crippen molar-refractivity contribution < 1.29 is 19.0 Å². The normalized spacial score (nSPS) is 26.1. The van der Waals surface area contributed by atoms with Crippen LogP contribution in [0.3, 0.4) is 0 Å². The molecule has 1 aromatic carbocycles. The van der Waals surface area contributed by atoms with Crippen LogP contribution >= 0.6 is 0 Å². The Morgan fingerprint density at radius 2 is 2.00 bits per heavy atom. The van der Waals surface area contributed by atoms with Gasteiger partial charge in [-0.05, 0) is 44.4 Å². The Morgan fingerprint density at radius 3 is 2.53 bits per heavy atom. The van der Waals surface area contributed by atoms with Gasteiger partial charge >= 0.3 is 5.97 Å². The molecule has 3 nitrogen and oxygen atoms in total. The van der Waals surface area contributed by atoms with E-state index in [2.05, 4.69) is 0 Å². The number of halogens is 1.